The Hall–Kier alpha value is -2.39. The highest BCUT2D eigenvalue weighted by Gasteiger charge is 2.23. The van der Waals surface area contributed by atoms with E-state index in [4.69, 9.17) is 10.5 Å². The van der Waals surface area contributed by atoms with Crippen molar-refractivity contribution in [3.05, 3.63) is 66.0 Å². The van der Waals surface area contributed by atoms with Gasteiger partial charge < -0.3 is 20.5 Å². The molecule has 0 fully saturated rings. The molecule has 3 aromatic rings. The van der Waals surface area contributed by atoms with Gasteiger partial charge in [0.1, 0.15) is 11.5 Å². The van der Waals surface area contributed by atoms with Crippen molar-refractivity contribution >= 4 is 42.6 Å². The third-order valence-corrected chi connectivity index (χ3v) is 4.65. The Morgan fingerprint density at radius 1 is 1.18 bits per heavy atom. The molecule has 1 atom stereocenters. The minimum Gasteiger partial charge on any atom is -0.497 e. The summed E-state index contributed by atoms with van der Waals surface area (Å²) in [6.07, 6.45) is 3.76. The van der Waals surface area contributed by atoms with E-state index in [-0.39, 0.29) is 37.7 Å². The number of ketones is 1. The number of hydrogen-bond acceptors (Lipinski definition) is 6. The number of pyridine rings is 1. The highest BCUT2D eigenvalue weighted by molar-refractivity contribution is 7.59. The van der Waals surface area contributed by atoms with Gasteiger partial charge >= 0.3 is 7.12 Å². The molecule has 0 saturated carbocycles. The standard InChI is InChI=1S/C20H21BN2O4.H2S/c1-27-20-10-15(4-5-18(20)21(25)26)17(11-22)19(24)9-13-2-3-16-12-23-7-6-14(16)8-13;/h2-8,10,12,17,25-26H,9,11,22H2,1H3;1H2/t17-;/m1./s1. The quantitative estimate of drug-likeness (QED) is 0.511. The van der Waals surface area contributed by atoms with Crippen LogP contribution in [0.15, 0.2) is 54.9 Å². The molecule has 0 saturated heterocycles. The Bertz CT molecular complexity index is 968. The second-order valence-corrected chi connectivity index (χ2v) is 6.36. The van der Waals surface area contributed by atoms with E-state index in [1.54, 1.807) is 24.5 Å². The van der Waals surface area contributed by atoms with Crippen molar-refractivity contribution in [2.24, 2.45) is 5.73 Å². The fourth-order valence-electron chi connectivity index (χ4n) is 3.18. The lowest BCUT2D eigenvalue weighted by Crippen LogP contribution is -2.32. The molecule has 146 valence electrons. The number of fused-ring (bicyclic) bond motifs is 1. The monoisotopic (exact) mass is 398 g/mol. The van der Waals surface area contributed by atoms with E-state index >= 15 is 0 Å². The first kappa shape index (κ1) is 21.9. The maximum Gasteiger partial charge on any atom is 0.492 e. The van der Waals surface area contributed by atoms with Crippen LogP contribution in [0.4, 0.5) is 0 Å². The highest BCUT2D eigenvalue weighted by Crippen LogP contribution is 2.23. The molecule has 0 aliphatic rings. The second-order valence-electron chi connectivity index (χ2n) is 6.36. The predicted octanol–water partition coefficient (Wildman–Crippen LogP) is 0.890. The first-order valence-corrected chi connectivity index (χ1v) is 8.63. The van der Waals surface area contributed by atoms with E-state index in [2.05, 4.69) is 4.98 Å². The third-order valence-electron chi connectivity index (χ3n) is 4.65. The lowest BCUT2D eigenvalue weighted by atomic mass is 9.78. The van der Waals surface area contributed by atoms with Crippen molar-refractivity contribution in [1.29, 1.82) is 0 Å². The Balaban J connectivity index is 0.00000280. The van der Waals surface area contributed by atoms with Gasteiger partial charge in [-0.25, -0.2) is 0 Å². The van der Waals surface area contributed by atoms with E-state index in [1.807, 2.05) is 24.3 Å². The summed E-state index contributed by atoms with van der Waals surface area (Å²) in [4.78, 5) is 17.0. The van der Waals surface area contributed by atoms with Gasteiger partial charge in [0.15, 0.2) is 0 Å². The van der Waals surface area contributed by atoms with Gasteiger partial charge in [0.05, 0.1) is 13.0 Å². The first-order valence-electron chi connectivity index (χ1n) is 8.63. The van der Waals surface area contributed by atoms with Gasteiger partial charge in [-0.05, 0) is 28.6 Å². The van der Waals surface area contributed by atoms with E-state index in [1.165, 1.54) is 13.2 Å². The predicted molar refractivity (Wildman–Crippen MR) is 115 cm³/mol. The Labute approximate surface area is 171 Å². The number of aromatic nitrogens is 1. The molecule has 0 unspecified atom stereocenters. The lowest BCUT2D eigenvalue weighted by Gasteiger charge is -2.17. The maximum atomic E-state index is 12.9. The van der Waals surface area contributed by atoms with Crippen LogP contribution in [0.1, 0.15) is 17.0 Å². The molecular weight excluding hydrogens is 375 g/mol. The molecule has 0 aliphatic carbocycles. The molecule has 0 bridgehead atoms. The van der Waals surface area contributed by atoms with Crippen LogP contribution in [0, 0.1) is 0 Å². The van der Waals surface area contributed by atoms with Crippen LogP contribution < -0.4 is 15.9 Å². The number of rotatable bonds is 7. The van der Waals surface area contributed by atoms with Gasteiger partial charge in [0, 0.05) is 36.2 Å². The van der Waals surface area contributed by atoms with Crippen LogP contribution in [0.5, 0.6) is 5.75 Å². The van der Waals surface area contributed by atoms with Gasteiger partial charge in [0.2, 0.25) is 0 Å². The zero-order valence-corrected chi connectivity index (χ0v) is 16.5. The molecule has 0 amide bonds. The van der Waals surface area contributed by atoms with Crippen molar-refractivity contribution < 1.29 is 19.6 Å². The number of hydrogen-bond donors (Lipinski definition) is 3. The highest BCUT2D eigenvalue weighted by atomic mass is 32.1. The number of ether oxygens (including phenoxy) is 1. The molecular formula is C20H23BN2O4S. The van der Waals surface area contributed by atoms with Gasteiger partial charge in [-0.1, -0.05) is 30.3 Å². The van der Waals surface area contributed by atoms with Crippen molar-refractivity contribution in [2.45, 2.75) is 12.3 Å². The average molecular weight is 398 g/mol. The molecule has 0 spiro atoms. The summed E-state index contributed by atoms with van der Waals surface area (Å²) >= 11 is 0. The number of methoxy groups -OCH3 is 1. The molecule has 0 aliphatic heterocycles. The Morgan fingerprint density at radius 2 is 1.96 bits per heavy atom. The van der Waals surface area contributed by atoms with E-state index < -0.39 is 13.0 Å². The normalized spacial score (nSPS) is 11.6. The fourth-order valence-corrected chi connectivity index (χ4v) is 3.18. The SMILES string of the molecule is COc1cc([C@@H](CN)C(=O)Cc2ccc3cnccc3c2)ccc1B(O)O.S. The van der Waals surface area contributed by atoms with Crippen molar-refractivity contribution in [3.63, 3.8) is 0 Å². The first-order chi connectivity index (χ1) is 13.0. The second kappa shape index (κ2) is 9.70. The topological polar surface area (TPSA) is 106 Å². The zero-order chi connectivity index (χ0) is 19.4. The summed E-state index contributed by atoms with van der Waals surface area (Å²) in [6.45, 7) is 0.153. The smallest absolute Gasteiger partial charge is 0.492 e. The molecule has 3 rings (SSSR count). The van der Waals surface area contributed by atoms with Crippen LogP contribution in [0.25, 0.3) is 10.8 Å². The minimum absolute atomic E-state index is 0. The summed E-state index contributed by atoms with van der Waals surface area (Å²) < 4.78 is 5.21. The zero-order valence-electron chi connectivity index (χ0n) is 15.5. The molecule has 2 aromatic carbocycles. The molecule has 4 N–H and O–H groups in total. The molecule has 1 heterocycles. The number of nitrogens with zero attached hydrogens (tertiary/aromatic N) is 1. The molecule has 6 nitrogen and oxygen atoms in total. The fraction of sp³-hybridized carbons (Fsp3) is 0.200. The minimum atomic E-state index is -1.65. The number of carbonyl (C=O) groups is 1. The summed E-state index contributed by atoms with van der Waals surface area (Å²) in [6, 6.07) is 12.6. The van der Waals surface area contributed by atoms with E-state index in [0.29, 0.717) is 11.3 Å². The summed E-state index contributed by atoms with van der Waals surface area (Å²) in [5.74, 6) is -0.200. The lowest BCUT2D eigenvalue weighted by molar-refractivity contribution is -0.119. The number of carbonyl (C=O) groups excluding carboxylic acids is 1. The van der Waals surface area contributed by atoms with Gasteiger partial charge in [-0.15, -0.1) is 0 Å². The molecule has 8 heteroatoms. The van der Waals surface area contributed by atoms with Crippen LogP contribution >= 0.6 is 13.5 Å². The van der Waals surface area contributed by atoms with Crippen LogP contribution in [-0.4, -0.2) is 41.6 Å². The van der Waals surface area contributed by atoms with Crippen molar-refractivity contribution in [2.75, 3.05) is 13.7 Å². The largest absolute Gasteiger partial charge is 0.497 e. The van der Waals surface area contributed by atoms with Crippen LogP contribution in [0.2, 0.25) is 0 Å². The van der Waals surface area contributed by atoms with Crippen molar-refractivity contribution in [3.8, 4) is 5.75 Å². The Morgan fingerprint density at radius 3 is 2.64 bits per heavy atom. The van der Waals surface area contributed by atoms with Crippen molar-refractivity contribution in [1.82, 2.24) is 4.98 Å². The molecule has 28 heavy (non-hydrogen) atoms. The van der Waals surface area contributed by atoms with Crippen LogP contribution in [-0.2, 0) is 11.2 Å². The van der Waals surface area contributed by atoms with E-state index in [0.717, 1.165) is 16.3 Å². The Kier molecular flexibility index (Phi) is 7.59. The number of Topliss-reactive ketones (excluding diaryl/α,β-unsaturated/α-hetero) is 1. The molecule has 0 radical (unpaired) electrons. The van der Waals surface area contributed by atoms with E-state index in [9.17, 15) is 14.8 Å². The number of benzene rings is 2. The van der Waals surface area contributed by atoms with Gasteiger partial charge in [0.25, 0.3) is 0 Å². The molecule has 1 aromatic heterocycles. The third kappa shape index (κ3) is 4.71. The maximum absolute atomic E-state index is 12.9. The van der Waals surface area contributed by atoms with Gasteiger partial charge in [-0.3, -0.25) is 9.78 Å². The number of nitrogens with two attached hydrogens (primary N) is 1. The van der Waals surface area contributed by atoms with Crippen LogP contribution in [0.3, 0.4) is 0 Å². The summed E-state index contributed by atoms with van der Waals surface area (Å²) in [5, 5.41) is 20.8. The summed E-state index contributed by atoms with van der Waals surface area (Å²) in [5.41, 5.74) is 7.71. The summed E-state index contributed by atoms with van der Waals surface area (Å²) in [7, 11) is -0.207. The van der Waals surface area contributed by atoms with Gasteiger partial charge in [-0.2, -0.15) is 13.5 Å². The average Bonchev–Trinajstić information content (AvgIpc) is 2.68.